The van der Waals surface area contributed by atoms with Gasteiger partial charge in [-0.3, -0.25) is 0 Å². The number of nitrogens with two attached hydrogens (primary N) is 1. The number of ether oxygens (including phenoxy) is 2. The van der Waals surface area contributed by atoms with E-state index in [4.69, 9.17) is 27.4 Å². The molecule has 0 fully saturated rings. The Balaban J connectivity index is 2.33. The molecule has 0 aliphatic carbocycles. The lowest BCUT2D eigenvalue weighted by Gasteiger charge is -2.12. The number of hydrogen-bond acceptors (Lipinski definition) is 5. The van der Waals surface area contributed by atoms with Gasteiger partial charge in [0.15, 0.2) is 11.5 Å². The molecule has 0 atom stereocenters. The fourth-order valence-electron chi connectivity index (χ4n) is 1.75. The lowest BCUT2D eigenvalue weighted by atomic mass is 10.2. The highest BCUT2D eigenvalue weighted by Crippen LogP contribution is 2.31. The molecule has 3 N–H and O–H groups in total. The molecule has 0 radical (unpaired) electrons. The highest BCUT2D eigenvalue weighted by atomic mass is 32.1. The minimum absolute atomic E-state index is 0.293. The van der Waals surface area contributed by atoms with Crippen LogP contribution in [0.4, 0.5) is 11.5 Å². The van der Waals surface area contributed by atoms with Crippen LogP contribution in [0.2, 0.25) is 0 Å². The summed E-state index contributed by atoms with van der Waals surface area (Å²) < 4.78 is 10.5. The summed E-state index contributed by atoms with van der Waals surface area (Å²) in [5, 5.41) is 3.17. The molecule has 0 unspecified atom stereocenters. The second-order valence-electron chi connectivity index (χ2n) is 3.96. The molecule has 0 bridgehead atoms. The number of methoxy groups -OCH3 is 2. The summed E-state index contributed by atoms with van der Waals surface area (Å²) in [7, 11) is 3.18. The van der Waals surface area contributed by atoms with Gasteiger partial charge in [-0.15, -0.1) is 0 Å². The summed E-state index contributed by atoms with van der Waals surface area (Å²) in [6.07, 6.45) is 1.67. The average molecular weight is 289 g/mol. The van der Waals surface area contributed by atoms with Crippen LogP contribution in [-0.4, -0.2) is 24.2 Å². The van der Waals surface area contributed by atoms with Crippen molar-refractivity contribution in [2.75, 3.05) is 19.5 Å². The molecule has 1 aromatic carbocycles. The maximum Gasteiger partial charge on any atom is 0.162 e. The highest BCUT2D eigenvalue weighted by molar-refractivity contribution is 7.80. The maximum absolute atomic E-state index is 5.68. The van der Waals surface area contributed by atoms with E-state index in [-0.39, 0.29) is 0 Å². The normalized spacial score (nSPS) is 9.90. The zero-order chi connectivity index (χ0) is 14.5. The minimum atomic E-state index is 0.293. The molecular formula is C14H15N3O2S. The lowest BCUT2D eigenvalue weighted by Crippen LogP contribution is -2.12. The number of thiocarbonyl (C=S) groups is 1. The van der Waals surface area contributed by atoms with Gasteiger partial charge in [0.25, 0.3) is 0 Å². The minimum Gasteiger partial charge on any atom is -0.493 e. The van der Waals surface area contributed by atoms with E-state index in [1.165, 1.54) is 0 Å². The second-order valence-corrected chi connectivity index (χ2v) is 4.40. The molecule has 20 heavy (non-hydrogen) atoms. The molecular weight excluding hydrogens is 274 g/mol. The van der Waals surface area contributed by atoms with Gasteiger partial charge in [0.2, 0.25) is 0 Å². The van der Waals surface area contributed by atoms with E-state index in [0.29, 0.717) is 27.9 Å². The Bertz CT molecular complexity index is 632. The van der Waals surface area contributed by atoms with Crippen molar-refractivity contribution in [3.8, 4) is 11.5 Å². The van der Waals surface area contributed by atoms with Gasteiger partial charge < -0.3 is 20.5 Å². The van der Waals surface area contributed by atoms with Gasteiger partial charge in [-0.05, 0) is 24.3 Å². The first-order valence-electron chi connectivity index (χ1n) is 5.89. The standard InChI is InChI=1S/C14H15N3O2S/c1-18-11-6-5-9(8-12(11)19-2)17-14-10(13(15)20)4-3-7-16-14/h3-8H,1-2H3,(H2,15,20)(H,16,17). The van der Waals surface area contributed by atoms with Gasteiger partial charge in [0.1, 0.15) is 10.8 Å². The number of anilines is 2. The lowest BCUT2D eigenvalue weighted by molar-refractivity contribution is 0.355. The molecule has 2 rings (SSSR count). The van der Waals surface area contributed by atoms with Crippen molar-refractivity contribution in [1.82, 2.24) is 4.98 Å². The first-order chi connectivity index (χ1) is 9.65. The van der Waals surface area contributed by atoms with Crippen LogP contribution in [0.3, 0.4) is 0 Å². The zero-order valence-corrected chi connectivity index (χ0v) is 12.0. The van der Waals surface area contributed by atoms with Crippen molar-refractivity contribution in [2.45, 2.75) is 0 Å². The van der Waals surface area contributed by atoms with Crippen LogP contribution in [0, 0.1) is 0 Å². The van der Waals surface area contributed by atoms with Crippen molar-refractivity contribution in [3.05, 3.63) is 42.1 Å². The molecule has 0 aliphatic rings. The Kier molecular flexibility index (Phi) is 4.37. The smallest absolute Gasteiger partial charge is 0.162 e. The van der Waals surface area contributed by atoms with Crippen LogP contribution in [0.5, 0.6) is 11.5 Å². The van der Waals surface area contributed by atoms with Gasteiger partial charge in [-0.2, -0.15) is 0 Å². The summed E-state index contributed by atoms with van der Waals surface area (Å²) >= 11 is 5.01. The van der Waals surface area contributed by atoms with Crippen LogP contribution < -0.4 is 20.5 Å². The third kappa shape index (κ3) is 2.97. The number of rotatable bonds is 5. The Labute approximate surface area is 122 Å². The van der Waals surface area contributed by atoms with Crippen molar-refractivity contribution < 1.29 is 9.47 Å². The SMILES string of the molecule is COc1ccc(Nc2ncccc2C(N)=S)cc1OC. The molecule has 5 nitrogen and oxygen atoms in total. The molecule has 0 aliphatic heterocycles. The summed E-state index contributed by atoms with van der Waals surface area (Å²) in [6, 6.07) is 9.09. The molecule has 0 saturated heterocycles. The fourth-order valence-corrected chi connectivity index (χ4v) is 1.92. The first-order valence-corrected chi connectivity index (χ1v) is 6.30. The number of nitrogens with zero attached hydrogens (tertiary/aromatic N) is 1. The molecule has 2 aromatic rings. The Hall–Kier alpha value is -2.34. The molecule has 0 spiro atoms. The molecule has 1 aromatic heterocycles. The number of aromatic nitrogens is 1. The van der Waals surface area contributed by atoms with E-state index in [2.05, 4.69) is 10.3 Å². The maximum atomic E-state index is 5.68. The second kappa shape index (κ2) is 6.21. The van der Waals surface area contributed by atoms with E-state index < -0.39 is 0 Å². The van der Waals surface area contributed by atoms with Crippen LogP contribution in [0.15, 0.2) is 36.5 Å². The summed E-state index contributed by atoms with van der Waals surface area (Å²) in [4.78, 5) is 4.54. The molecule has 104 valence electrons. The summed E-state index contributed by atoms with van der Waals surface area (Å²) in [5.74, 6) is 1.89. The topological polar surface area (TPSA) is 69.4 Å². The van der Waals surface area contributed by atoms with Gasteiger partial charge in [0, 0.05) is 18.0 Å². The van der Waals surface area contributed by atoms with E-state index in [0.717, 1.165) is 5.69 Å². The number of nitrogens with one attached hydrogen (secondary N) is 1. The van der Waals surface area contributed by atoms with Crippen LogP contribution >= 0.6 is 12.2 Å². The van der Waals surface area contributed by atoms with Crippen LogP contribution in [0.25, 0.3) is 0 Å². The Morgan fingerprint density at radius 1 is 1.20 bits per heavy atom. The molecule has 6 heteroatoms. The number of pyridine rings is 1. The Morgan fingerprint density at radius 2 is 1.95 bits per heavy atom. The quantitative estimate of drug-likeness (QED) is 0.824. The zero-order valence-electron chi connectivity index (χ0n) is 11.2. The molecule has 0 saturated carbocycles. The van der Waals surface area contributed by atoms with Gasteiger partial charge in [-0.25, -0.2) is 4.98 Å². The van der Waals surface area contributed by atoms with Crippen LogP contribution in [0.1, 0.15) is 5.56 Å². The van der Waals surface area contributed by atoms with Gasteiger partial charge in [-0.1, -0.05) is 12.2 Å². The van der Waals surface area contributed by atoms with E-state index in [1.54, 1.807) is 26.5 Å². The van der Waals surface area contributed by atoms with Crippen molar-refractivity contribution >= 4 is 28.7 Å². The van der Waals surface area contributed by atoms with Gasteiger partial charge >= 0.3 is 0 Å². The largest absolute Gasteiger partial charge is 0.493 e. The average Bonchev–Trinajstić information content (AvgIpc) is 2.47. The molecule has 0 amide bonds. The highest BCUT2D eigenvalue weighted by Gasteiger charge is 2.08. The summed E-state index contributed by atoms with van der Waals surface area (Å²) in [5.41, 5.74) is 7.17. The monoisotopic (exact) mass is 289 g/mol. The van der Waals surface area contributed by atoms with E-state index in [9.17, 15) is 0 Å². The van der Waals surface area contributed by atoms with Gasteiger partial charge in [0.05, 0.1) is 19.8 Å². The Morgan fingerprint density at radius 3 is 2.60 bits per heavy atom. The third-order valence-electron chi connectivity index (χ3n) is 2.72. The first kappa shape index (κ1) is 14.1. The number of hydrogen-bond donors (Lipinski definition) is 2. The van der Waals surface area contributed by atoms with Crippen molar-refractivity contribution in [2.24, 2.45) is 5.73 Å². The third-order valence-corrected chi connectivity index (χ3v) is 2.94. The van der Waals surface area contributed by atoms with E-state index in [1.807, 2.05) is 24.3 Å². The van der Waals surface area contributed by atoms with Crippen molar-refractivity contribution in [1.29, 1.82) is 0 Å². The predicted molar refractivity (Wildman–Crippen MR) is 83.0 cm³/mol. The number of benzene rings is 1. The molecule has 1 heterocycles. The fraction of sp³-hybridized carbons (Fsp3) is 0.143. The summed E-state index contributed by atoms with van der Waals surface area (Å²) in [6.45, 7) is 0. The van der Waals surface area contributed by atoms with Crippen LogP contribution in [-0.2, 0) is 0 Å². The predicted octanol–water partition coefficient (Wildman–Crippen LogP) is 2.48. The van der Waals surface area contributed by atoms with E-state index >= 15 is 0 Å². The van der Waals surface area contributed by atoms with Crippen molar-refractivity contribution in [3.63, 3.8) is 0 Å².